The Morgan fingerprint density at radius 2 is 1.06 bits per heavy atom. The summed E-state index contributed by atoms with van der Waals surface area (Å²) in [5, 5.41) is 0.544. The van der Waals surface area contributed by atoms with Gasteiger partial charge in [0.05, 0.1) is 0 Å². The topological polar surface area (TPSA) is 12.9 Å². The third-order valence-corrected chi connectivity index (χ3v) is 1.46. The Labute approximate surface area is 232 Å². The van der Waals surface area contributed by atoms with Crippen LogP contribution in [-0.2, 0) is 32.7 Å². The van der Waals surface area contributed by atoms with Crippen molar-refractivity contribution >= 4 is 11.6 Å². The van der Waals surface area contributed by atoms with Gasteiger partial charge in [0.15, 0.2) is 0 Å². The third kappa shape index (κ3) is 123. The van der Waals surface area contributed by atoms with E-state index in [0.717, 1.165) is 0 Å². The van der Waals surface area contributed by atoms with E-state index in [1.165, 1.54) is 0 Å². The van der Waals surface area contributed by atoms with E-state index in [1.54, 1.807) is 19.2 Å². The van der Waals surface area contributed by atoms with Crippen LogP contribution in [0.2, 0.25) is 5.15 Å². The smallest absolute Gasteiger partial charge is 0.129 e. The zero-order valence-corrected chi connectivity index (χ0v) is 24.3. The second-order valence-electron chi connectivity index (χ2n) is 2.52. The van der Waals surface area contributed by atoms with Crippen LogP contribution in [0.5, 0.6) is 0 Å². The van der Waals surface area contributed by atoms with E-state index in [9.17, 15) is 0 Å². The SMILES string of the molecule is C.C.C.C#CC.CC.CC.CC.CC.CC.Clc1ccccn1.[CH3-].[Y].[c-]1ccccc1. The minimum atomic E-state index is 0. The van der Waals surface area contributed by atoms with E-state index in [1.807, 2.05) is 112 Å². The molecule has 0 saturated heterocycles. The van der Waals surface area contributed by atoms with Crippen molar-refractivity contribution in [3.8, 4) is 12.3 Å². The second-order valence-corrected chi connectivity index (χ2v) is 2.91. The van der Waals surface area contributed by atoms with Gasteiger partial charge in [-0.05, 0) is 19.1 Å². The Kier molecular flexibility index (Phi) is 258. The van der Waals surface area contributed by atoms with Crippen molar-refractivity contribution in [1.29, 1.82) is 0 Å². The molecule has 2 aromatic rings. The molecule has 0 saturated carbocycles. The van der Waals surface area contributed by atoms with Gasteiger partial charge < -0.3 is 7.43 Å². The van der Waals surface area contributed by atoms with Gasteiger partial charge in [-0.15, -0.1) is 12.3 Å². The summed E-state index contributed by atoms with van der Waals surface area (Å²) >= 11 is 5.43. The van der Waals surface area contributed by atoms with Crippen molar-refractivity contribution in [3.63, 3.8) is 0 Å². The molecular formula is C28H58ClNY-2. The Balaban J connectivity index is -0.0000000172. The fourth-order valence-corrected chi connectivity index (χ4v) is 0.813. The van der Waals surface area contributed by atoms with E-state index in [0.29, 0.717) is 5.15 Å². The molecule has 31 heavy (non-hydrogen) atoms. The number of rotatable bonds is 0. The Hall–Kier alpha value is -0.676. The maximum absolute atomic E-state index is 5.43. The predicted octanol–water partition coefficient (Wildman–Crippen LogP) is 11.3. The Bertz CT molecular complexity index is 360. The predicted molar refractivity (Wildman–Crippen MR) is 152 cm³/mol. The maximum Gasteiger partial charge on any atom is 0.129 e. The molecule has 0 aliphatic carbocycles. The normalized spacial score (nSPS) is 4.74. The molecule has 0 atom stereocenters. The van der Waals surface area contributed by atoms with E-state index in [2.05, 4.69) is 23.4 Å². The van der Waals surface area contributed by atoms with Crippen LogP contribution >= 0.6 is 11.6 Å². The molecule has 0 amide bonds. The van der Waals surface area contributed by atoms with E-state index in [4.69, 9.17) is 11.6 Å². The fraction of sp³-hybridized carbons (Fsp3) is 0.500. The molecule has 0 aliphatic heterocycles. The summed E-state index contributed by atoms with van der Waals surface area (Å²) in [5.74, 6) is 2.25. The number of benzene rings is 1. The zero-order chi connectivity index (χ0) is 22.1. The summed E-state index contributed by atoms with van der Waals surface area (Å²) in [7, 11) is 0. The molecule has 2 rings (SSSR count). The van der Waals surface area contributed by atoms with Gasteiger partial charge in [-0.1, -0.05) is 109 Å². The molecule has 1 aromatic carbocycles. The molecule has 0 spiro atoms. The van der Waals surface area contributed by atoms with Crippen molar-refractivity contribution < 1.29 is 32.7 Å². The van der Waals surface area contributed by atoms with Crippen LogP contribution in [0.1, 0.15) is 98.4 Å². The summed E-state index contributed by atoms with van der Waals surface area (Å²) in [4.78, 5) is 3.74. The molecule has 1 heterocycles. The number of hydrogen-bond donors (Lipinski definition) is 0. The summed E-state index contributed by atoms with van der Waals surface area (Å²) in [6.45, 7) is 21.7. The number of hydrogen-bond acceptors (Lipinski definition) is 1. The average molecular weight is 533 g/mol. The Morgan fingerprint density at radius 3 is 1.16 bits per heavy atom. The molecule has 187 valence electrons. The van der Waals surface area contributed by atoms with E-state index < -0.39 is 0 Å². The van der Waals surface area contributed by atoms with Gasteiger partial charge in [0, 0.05) is 38.9 Å². The van der Waals surface area contributed by atoms with Gasteiger partial charge in [-0.25, -0.2) is 4.98 Å². The van der Waals surface area contributed by atoms with Crippen molar-refractivity contribution in [2.24, 2.45) is 0 Å². The quantitative estimate of drug-likeness (QED) is 0.187. The van der Waals surface area contributed by atoms with E-state index in [-0.39, 0.29) is 62.4 Å². The van der Waals surface area contributed by atoms with Crippen LogP contribution < -0.4 is 0 Å². The summed E-state index contributed by atoms with van der Waals surface area (Å²) in [6.07, 6.45) is 6.25. The van der Waals surface area contributed by atoms with Gasteiger partial charge in [0.25, 0.3) is 0 Å². The first-order valence-corrected chi connectivity index (χ1v) is 10.0. The third-order valence-electron chi connectivity index (χ3n) is 1.24. The molecule has 1 radical (unpaired) electrons. The molecule has 1 nitrogen and oxygen atoms in total. The average Bonchev–Trinajstić information content (AvgIpc) is 2.78. The van der Waals surface area contributed by atoms with Crippen LogP contribution in [0.25, 0.3) is 0 Å². The van der Waals surface area contributed by atoms with Crippen molar-refractivity contribution in [2.75, 3.05) is 0 Å². The van der Waals surface area contributed by atoms with Gasteiger partial charge in [0.2, 0.25) is 0 Å². The number of terminal acetylenes is 1. The maximum atomic E-state index is 5.43. The first-order chi connectivity index (χ1) is 12.8. The molecule has 0 N–H and O–H groups in total. The molecule has 0 bridgehead atoms. The number of aromatic nitrogens is 1. The molecule has 0 fully saturated rings. The largest absolute Gasteiger partial charge is 0.358 e. The van der Waals surface area contributed by atoms with Crippen LogP contribution in [0.3, 0.4) is 0 Å². The monoisotopic (exact) mass is 532 g/mol. The van der Waals surface area contributed by atoms with Gasteiger partial charge in [-0.2, -0.15) is 36.4 Å². The zero-order valence-electron chi connectivity index (χ0n) is 20.7. The number of halogens is 1. The van der Waals surface area contributed by atoms with Crippen molar-refractivity contribution in [1.82, 2.24) is 4.98 Å². The molecule has 0 unspecified atom stereocenters. The Morgan fingerprint density at radius 1 is 0.742 bits per heavy atom. The van der Waals surface area contributed by atoms with Gasteiger partial charge >= 0.3 is 0 Å². The standard InChI is InChI=1S/C6H5.C5H4ClN.C3H4.5C2H6.3CH4.CH3.Y/c1-2-4-6-5-3-1;6-5-3-1-2-4-7-5;1-3-2;5*1-2;;;;;/h1-5H;1-4H;1H,2H3;5*1-2H3;3*1H4;1H3;/q-1;;;;;;;;;;;-1;. The number of pyridine rings is 1. The van der Waals surface area contributed by atoms with Crippen LogP contribution in [0, 0.1) is 25.8 Å². The van der Waals surface area contributed by atoms with Crippen LogP contribution in [-0.4, -0.2) is 4.98 Å². The van der Waals surface area contributed by atoms with Crippen molar-refractivity contribution in [3.05, 3.63) is 73.4 Å². The first kappa shape index (κ1) is 69.8. The fourth-order valence-electron chi connectivity index (χ4n) is 0.684. The molecule has 0 aliphatic rings. The van der Waals surface area contributed by atoms with Crippen LogP contribution in [0.15, 0.2) is 54.7 Å². The van der Waals surface area contributed by atoms with Gasteiger partial charge in [-0.3, -0.25) is 0 Å². The summed E-state index contributed by atoms with van der Waals surface area (Å²) < 4.78 is 0. The van der Waals surface area contributed by atoms with Crippen molar-refractivity contribution in [2.45, 2.75) is 98.4 Å². The molecule has 1 aromatic heterocycles. The summed E-state index contributed by atoms with van der Waals surface area (Å²) in [6, 6.07) is 17.9. The molecular weight excluding hydrogens is 475 g/mol. The number of nitrogens with zero attached hydrogens (tertiary/aromatic N) is 1. The second kappa shape index (κ2) is 115. The van der Waals surface area contributed by atoms with E-state index >= 15 is 0 Å². The van der Waals surface area contributed by atoms with Gasteiger partial charge in [0.1, 0.15) is 5.15 Å². The molecule has 3 heteroatoms. The minimum Gasteiger partial charge on any atom is -0.358 e. The summed E-state index contributed by atoms with van der Waals surface area (Å²) in [5.41, 5.74) is 0. The minimum absolute atomic E-state index is 0. The van der Waals surface area contributed by atoms with Crippen LogP contribution in [0.4, 0.5) is 0 Å². The first-order valence-electron chi connectivity index (χ1n) is 9.66.